The summed E-state index contributed by atoms with van der Waals surface area (Å²) < 4.78 is 0. The van der Waals surface area contributed by atoms with Crippen molar-refractivity contribution < 1.29 is 0 Å². The van der Waals surface area contributed by atoms with E-state index < -0.39 is 0 Å². The molecule has 0 saturated heterocycles. The number of hydrogen-bond acceptors (Lipinski definition) is 1. The van der Waals surface area contributed by atoms with Gasteiger partial charge in [-0.2, -0.15) is 0 Å². The van der Waals surface area contributed by atoms with Crippen LogP contribution in [0, 0.1) is 0 Å². The van der Waals surface area contributed by atoms with E-state index in [1.165, 1.54) is 5.57 Å². The molecular weight excluding hydrogens is 122 g/mol. The minimum absolute atomic E-state index is 1.28. The highest BCUT2D eigenvalue weighted by Gasteiger charge is 1.71. The van der Waals surface area contributed by atoms with Crippen molar-refractivity contribution in [3.8, 4) is 0 Å². The molecule has 0 aliphatic rings. The van der Waals surface area contributed by atoms with Crippen molar-refractivity contribution in [3.05, 3.63) is 23.9 Å². The molecule has 0 heterocycles. The van der Waals surface area contributed by atoms with E-state index >= 15 is 0 Å². The van der Waals surface area contributed by atoms with E-state index in [9.17, 15) is 0 Å². The van der Waals surface area contributed by atoms with Crippen LogP contribution in [0.5, 0.6) is 0 Å². The molecule has 0 aliphatic carbocycles. The zero-order valence-electron chi connectivity index (χ0n) is 7.73. The second-order valence-electron chi connectivity index (χ2n) is 1.65. The van der Waals surface area contributed by atoms with Gasteiger partial charge in [0.2, 0.25) is 0 Å². The number of allylic oxidation sites excluding steroid dienone is 3. The number of rotatable bonds is 2. The highest BCUT2D eigenvalue weighted by atomic mass is 14.8. The van der Waals surface area contributed by atoms with Gasteiger partial charge in [-0.25, -0.2) is 0 Å². The molecule has 0 saturated carbocycles. The van der Waals surface area contributed by atoms with Crippen molar-refractivity contribution in [3.63, 3.8) is 0 Å². The van der Waals surface area contributed by atoms with Crippen LogP contribution in [0.2, 0.25) is 0 Å². The Kier molecular flexibility index (Phi) is 13.4. The summed E-state index contributed by atoms with van der Waals surface area (Å²) in [5.74, 6) is 0. The second kappa shape index (κ2) is 11.1. The minimum Gasteiger partial charge on any atom is -0.394 e. The molecule has 0 rings (SSSR count). The summed E-state index contributed by atoms with van der Waals surface area (Å²) in [5, 5.41) is 2.91. The quantitative estimate of drug-likeness (QED) is 0.583. The SMILES string of the molecule is C/C=C(C)\C=C/NC.CC. The van der Waals surface area contributed by atoms with Crippen LogP contribution in [0.25, 0.3) is 0 Å². The van der Waals surface area contributed by atoms with Crippen molar-refractivity contribution in [2.45, 2.75) is 27.7 Å². The largest absolute Gasteiger partial charge is 0.394 e. The lowest BCUT2D eigenvalue weighted by Crippen LogP contribution is -1.90. The Labute approximate surface area is 64.8 Å². The van der Waals surface area contributed by atoms with E-state index in [4.69, 9.17) is 0 Å². The van der Waals surface area contributed by atoms with Crippen LogP contribution in [0.15, 0.2) is 23.9 Å². The lowest BCUT2D eigenvalue weighted by atomic mass is 10.3. The third-order valence-corrected chi connectivity index (χ3v) is 0.968. The van der Waals surface area contributed by atoms with Crippen LogP contribution in [0.1, 0.15) is 27.7 Å². The van der Waals surface area contributed by atoms with Gasteiger partial charge >= 0.3 is 0 Å². The molecule has 1 N–H and O–H groups in total. The molecule has 1 heteroatoms. The van der Waals surface area contributed by atoms with Gasteiger partial charge < -0.3 is 5.32 Å². The summed E-state index contributed by atoms with van der Waals surface area (Å²) in [7, 11) is 1.89. The maximum atomic E-state index is 2.91. The van der Waals surface area contributed by atoms with Gasteiger partial charge in [-0.15, -0.1) is 0 Å². The summed E-state index contributed by atoms with van der Waals surface area (Å²) in [4.78, 5) is 0. The zero-order valence-corrected chi connectivity index (χ0v) is 7.73. The van der Waals surface area contributed by atoms with Crippen molar-refractivity contribution in [1.29, 1.82) is 0 Å². The first-order valence-corrected chi connectivity index (χ1v) is 3.78. The highest BCUT2D eigenvalue weighted by Crippen LogP contribution is 1.90. The van der Waals surface area contributed by atoms with Crippen LogP contribution in [-0.4, -0.2) is 7.05 Å². The smallest absolute Gasteiger partial charge is 0.00277 e. The van der Waals surface area contributed by atoms with E-state index in [1.54, 1.807) is 0 Å². The maximum Gasteiger partial charge on any atom is 0.00277 e. The predicted octanol–water partition coefficient (Wildman–Crippen LogP) is 2.71. The Morgan fingerprint density at radius 3 is 2.10 bits per heavy atom. The Hall–Kier alpha value is -0.720. The minimum atomic E-state index is 1.28. The van der Waals surface area contributed by atoms with E-state index in [0.717, 1.165) is 0 Å². The van der Waals surface area contributed by atoms with E-state index in [1.807, 2.05) is 40.1 Å². The molecule has 0 aromatic carbocycles. The molecule has 1 nitrogen and oxygen atoms in total. The van der Waals surface area contributed by atoms with Gasteiger partial charge in [-0.3, -0.25) is 0 Å². The van der Waals surface area contributed by atoms with Gasteiger partial charge in [0.15, 0.2) is 0 Å². The molecule has 0 unspecified atom stereocenters. The second-order valence-corrected chi connectivity index (χ2v) is 1.65. The molecule has 0 atom stereocenters. The summed E-state index contributed by atoms with van der Waals surface area (Å²) in [6, 6.07) is 0. The Balaban J connectivity index is 0. The molecule has 60 valence electrons. The molecule has 0 aliphatic heterocycles. The lowest BCUT2D eigenvalue weighted by Gasteiger charge is -1.86. The normalized spacial score (nSPS) is 10.7. The Bertz CT molecular complexity index is 101. The molecule has 0 amide bonds. The predicted molar refractivity (Wildman–Crippen MR) is 49.0 cm³/mol. The third-order valence-electron chi connectivity index (χ3n) is 0.968. The van der Waals surface area contributed by atoms with Crippen LogP contribution in [0.4, 0.5) is 0 Å². The van der Waals surface area contributed by atoms with Crippen LogP contribution < -0.4 is 5.32 Å². The number of nitrogens with one attached hydrogen (secondary N) is 1. The Morgan fingerprint density at radius 1 is 1.30 bits per heavy atom. The fourth-order valence-corrected chi connectivity index (χ4v) is 0.311. The van der Waals surface area contributed by atoms with Crippen LogP contribution >= 0.6 is 0 Å². The molecule has 0 radical (unpaired) electrons. The van der Waals surface area contributed by atoms with Gasteiger partial charge in [0.25, 0.3) is 0 Å². The van der Waals surface area contributed by atoms with Crippen molar-refractivity contribution in [2.24, 2.45) is 0 Å². The molecule has 10 heavy (non-hydrogen) atoms. The fraction of sp³-hybridized carbons (Fsp3) is 0.556. The molecule has 0 spiro atoms. The first kappa shape index (κ1) is 12.0. The van der Waals surface area contributed by atoms with Gasteiger partial charge in [-0.05, 0) is 26.1 Å². The van der Waals surface area contributed by atoms with Gasteiger partial charge in [0.1, 0.15) is 0 Å². The summed E-state index contributed by atoms with van der Waals surface area (Å²) >= 11 is 0. The van der Waals surface area contributed by atoms with Crippen molar-refractivity contribution >= 4 is 0 Å². The highest BCUT2D eigenvalue weighted by molar-refractivity contribution is 5.13. The van der Waals surface area contributed by atoms with Crippen molar-refractivity contribution in [2.75, 3.05) is 7.05 Å². The van der Waals surface area contributed by atoms with Gasteiger partial charge in [0.05, 0.1) is 0 Å². The molecule has 0 aromatic heterocycles. The van der Waals surface area contributed by atoms with Gasteiger partial charge in [0, 0.05) is 7.05 Å². The molecule has 0 bridgehead atoms. The van der Waals surface area contributed by atoms with E-state index in [0.29, 0.717) is 0 Å². The number of hydrogen-bond donors (Lipinski definition) is 1. The monoisotopic (exact) mass is 141 g/mol. The summed E-state index contributed by atoms with van der Waals surface area (Å²) in [6.07, 6.45) is 6.00. The van der Waals surface area contributed by atoms with E-state index in [2.05, 4.69) is 18.3 Å². The fourth-order valence-electron chi connectivity index (χ4n) is 0.311. The molecule has 0 fully saturated rings. The first-order valence-electron chi connectivity index (χ1n) is 3.78. The zero-order chi connectivity index (χ0) is 8.41. The van der Waals surface area contributed by atoms with E-state index in [-0.39, 0.29) is 0 Å². The summed E-state index contributed by atoms with van der Waals surface area (Å²) in [6.45, 7) is 8.09. The summed E-state index contributed by atoms with van der Waals surface area (Å²) in [5.41, 5.74) is 1.28. The average Bonchev–Trinajstić information content (AvgIpc) is 2.04. The van der Waals surface area contributed by atoms with Gasteiger partial charge in [-0.1, -0.05) is 25.5 Å². The third kappa shape index (κ3) is 10.3. The maximum absolute atomic E-state index is 2.91. The lowest BCUT2D eigenvalue weighted by molar-refractivity contribution is 1.10. The van der Waals surface area contributed by atoms with Crippen LogP contribution in [-0.2, 0) is 0 Å². The standard InChI is InChI=1S/C7H13N.C2H6/c1-4-7(2)5-6-8-3;1-2/h4-6,8H,1-3H3;1-2H3/b6-5-,7-4-;. The Morgan fingerprint density at radius 2 is 1.80 bits per heavy atom. The first-order chi connectivity index (χ1) is 4.81. The van der Waals surface area contributed by atoms with Crippen LogP contribution in [0.3, 0.4) is 0 Å². The topological polar surface area (TPSA) is 12.0 Å². The molecular formula is C9H19N. The molecule has 0 aromatic rings. The average molecular weight is 141 g/mol. The van der Waals surface area contributed by atoms with Crippen molar-refractivity contribution in [1.82, 2.24) is 5.32 Å².